The van der Waals surface area contributed by atoms with Gasteiger partial charge in [-0.25, -0.2) is 0 Å². The van der Waals surface area contributed by atoms with E-state index in [0.717, 1.165) is 31.4 Å². The fraction of sp³-hybridized carbons (Fsp3) is 0.333. The largest absolute Gasteiger partial charge is 0.448 e. The van der Waals surface area contributed by atoms with E-state index in [0.29, 0.717) is 22.8 Å². The van der Waals surface area contributed by atoms with Gasteiger partial charge in [0.15, 0.2) is 11.5 Å². The van der Waals surface area contributed by atoms with Crippen LogP contribution in [0.15, 0.2) is 48.9 Å². The normalized spacial score (nSPS) is 17.0. The second kappa shape index (κ2) is 6.44. The number of hydrogen-bond donors (Lipinski definition) is 1. The van der Waals surface area contributed by atoms with E-state index in [1.54, 1.807) is 10.9 Å². The van der Waals surface area contributed by atoms with Crippen molar-refractivity contribution in [2.75, 3.05) is 5.32 Å². The molecule has 1 amide bonds. The van der Waals surface area contributed by atoms with Crippen LogP contribution in [-0.2, 0) is 7.05 Å². The average Bonchev–Trinajstić information content (AvgIpc) is 3.40. The summed E-state index contributed by atoms with van der Waals surface area (Å²) in [7, 11) is 1.82. The van der Waals surface area contributed by atoms with Crippen molar-refractivity contribution in [1.29, 1.82) is 0 Å². The lowest BCUT2D eigenvalue weighted by molar-refractivity contribution is -0.105. The van der Waals surface area contributed by atoms with Gasteiger partial charge < -0.3 is 19.4 Å². The van der Waals surface area contributed by atoms with Crippen molar-refractivity contribution in [2.45, 2.75) is 37.9 Å². The minimum absolute atomic E-state index is 0.219. The molecule has 0 atom stereocenters. The van der Waals surface area contributed by atoms with Gasteiger partial charge in [-0.1, -0.05) is 6.42 Å². The summed E-state index contributed by atoms with van der Waals surface area (Å²) < 4.78 is 15.8. The molecule has 0 bridgehead atoms. The number of carbonyl (C=O) groups excluding carboxylic acids is 1. The van der Waals surface area contributed by atoms with Crippen LogP contribution in [0.4, 0.5) is 5.69 Å². The van der Waals surface area contributed by atoms with Crippen LogP contribution in [-0.4, -0.2) is 26.0 Å². The highest BCUT2D eigenvalue weighted by Crippen LogP contribution is 2.46. The zero-order valence-electron chi connectivity index (χ0n) is 15.7. The Hall–Kier alpha value is -3.22. The van der Waals surface area contributed by atoms with Crippen molar-refractivity contribution in [3.05, 3.63) is 54.5 Å². The fourth-order valence-electron chi connectivity index (χ4n) is 4.04. The fourth-order valence-corrected chi connectivity index (χ4v) is 4.04. The third kappa shape index (κ3) is 2.83. The van der Waals surface area contributed by atoms with Crippen LogP contribution in [0.1, 0.15) is 42.5 Å². The van der Waals surface area contributed by atoms with Gasteiger partial charge in [0.25, 0.3) is 11.7 Å². The Bertz CT molecular complexity index is 1020. The third-order valence-electron chi connectivity index (χ3n) is 5.41. The quantitative estimate of drug-likeness (QED) is 0.751. The van der Waals surface area contributed by atoms with E-state index in [1.165, 1.54) is 6.42 Å². The molecule has 1 N–H and O–H groups in total. The van der Waals surface area contributed by atoms with Crippen molar-refractivity contribution in [1.82, 2.24) is 14.3 Å². The molecule has 7 nitrogen and oxygen atoms in total. The van der Waals surface area contributed by atoms with Crippen LogP contribution in [0.5, 0.6) is 11.5 Å². The van der Waals surface area contributed by atoms with Crippen molar-refractivity contribution in [3.8, 4) is 17.3 Å². The van der Waals surface area contributed by atoms with E-state index >= 15 is 0 Å². The van der Waals surface area contributed by atoms with E-state index in [1.807, 2.05) is 54.3 Å². The smallest absolute Gasteiger partial charge is 0.261 e. The van der Waals surface area contributed by atoms with Crippen molar-refractivity contribution >= 4 is 11.6 Å². The van der Waals surface area contributed by atoms with Gasteiger partial charge in [-0.2, -0.15) is 5.10 Å². The summed E-state index contributed by atoms with van der Waals surface area (Å²) in [4.78, 5) is 12.9. The molecule has 1 aliphatic carbocycles. The number of nitrogens with zero attached hydrogens (tertiary/aromatic N) is 3. The lowest BCUT2D eigenvalue weighted by Gasteiger charge is -2.31. The van der Waals surface area contributed by atoms with Gasteiger partial charge in [-0.05, 0) is 37.1 Å². The molecular weight excluding hydrogens is 356 g/mol. The molecule has 3 aromatic rings. The molecule has 28 heavy (non-hydrogen) atoms. The molecule has 3 heterocycles. The maximum Gasteiger partial charge on any atom is 0.261 e. The Morgan fingerprint density at radius 3 is 2.64 bits per heavy atom. The van der Waals surface area contributed by atoms with E-state index in [-0.39, 0.29) is 5.91 Å². The lowest BCUT2D eigenvalue weighted by Crippen LogP contribution is -2.40. The van der Waals surface area contributed by atoms with Crippen LogP contribution < -0.4 is 14.8 Å². The van der Waals surface area contributed by atoms with E-state index in [9.17, 15) is 4.79 Å². The predicted octanol–water partition coefficient (Wildman–Crippen LogP) is 3.89. The summed E-state index contributed by atoms with van der Waals surface area (Å²) in [6, 6.07) is 9.36. The van der Waals surface area contributed by atoms with Crippen molar-refractivity contribution in [2.24, 2.45) is 7.05 Å². The molecule has 144 valence electrons. The Morgan fingerprint density at radius 2 is 1.86 bits per heavy atom. The van der Waals surface area contributed by atoms with Gasteiger partial charge in [0.1, 0.15) is 11.4 Å². The van der Waals surface area contributed by atoms with E-state index in [2.05, 4.69) is 10.4 Å². The summed E-state index contributed by atoms with van der Waals surface area (Å²) in [5, 5.41) is 7.19. The van der Waals surface area contributed by atoms with Crippen molar-refractivity contribution < 1.29 is 14.3 Å². The summed E-state index contributed by atoms with van der Waals surface area (Å²) >= 11 is 0. The Balaban J connectivity index is 1.37. The van der Waals surface area contributed by atoms with Crippen LogP contribution >= 0.6 is 0 Å². The van der Waals surface area contributed by atoms with E-state index in [4.69, 9.17) is 9.47 Å². The van der Waals surface area contributed by atoms with Crippen LogP contribution in [0, 0.1) is 0 Å². The average molecular weight is 378 g/mol. The number of benzene rings is 1. The number of carbonyl (C=O) groups is 1. The maximum atomic E-state index is 12.9. The van der Waals surface area contributed by atoms with Crippen molar-refractivity contribution in [3.63, 3.8) is 0 Å². The summed E-state index contributed by atoms with van der Waals surface area (Å²) in [5.74, 6) is 1.41. The molecule has 1 saturated carbocycles. The second-order valence-electron chi connectivity index (χ2n) is 7.39. The number of anilines is 1. The zero-order chi connectivity index (χ0) is 19.1. The van der Waals surface area contributed by atoms with Gasteiger partial charge in [-0.15, -0.1) is 0 Å². The minimum atomic E-state index is -0.520. The molecule has 0 unspecified atom stereocenters. The summed E-state index contributed by atoms with van der Waals surface area (Å²) in [5.41, 5.74) is 1.17. The van der Waals surface area contributed by atoms with Crippen LogP contribution in [0.25, 0.3) is 5.82 Å². The molecule has 1 aromatic carbocycles. The number of hydrogen-bond acceptors (Lipinski definition) is 4. The molecule has 7 heteroatoms. The highest BCUT2D eigenvalue weighted by Gasteiger charge is 2.42. The first-order valence-corrected chi connectivity index (χ1v) is 9.62. The van der Waals surface area contributed by atoms with Gasteiger partial charge in [0.2, 0.25) is 0 Å². The first-order valence-electron chi connectivity index (χ1n) is 9.62. The van der Waals surface area contributed by atoms with E-state index < -0.39 is 5.79 Å². The third-order valence-corrected chi connectivity index (χ3v) is 5.41. The lowest BCUT2D eigenvalue weighted by atomic mass is 9.94. The first kappa shape index (κ1) is 16.9. The topological polar surface area (TPSA) is 70.3 Å². The number of aromatic nitrogens is 3. The zero-order valence-corrected chi connectivity index (χ0v) is 15.7. The Morgan fingerprint density at radius 1 is 1.11 bits per heavy atom. The maximum absolute atomic E-state index is 12.9. The molecular formula is C21H22N4O3. The molecule has 2 aromatic heterocycles. The molecule has 2 aliphatic rings. The number of ether oxygens (including phenoxy) is 2. The molecule has 5 rings (SSSR count). The number of fused-ring (bicyclic) bond motifs is 1. The monoisotopic (exact) mass is 378 g/mol. The molecule has 1 spiro atoms. The van der Waals surface area contributed by atoms with Gasteiger partial charge in [0, 0.05) is 44.0 Å². The Kier molecular flexibility index (Phi) is 3.89. The number of nitrogens with one attached hydrogen (secondary N) is 1. The highest BCUT2D eigenvalue weighted by molar-refractivity contribution is 6.06. The summed E-state index contributed by atoms with van der Waals surface area (Å²) in [6.45, 7) is 0. The standard InChI is InChI=1S/C21H22N4O3/c1-24-20(25-11-5-6-12-25)16(14-22-24)19(26)23-15-7-8-17-18(13-15)28-21(27-17)9-3-2-4-10-21/h5-8,11-14H,2-4,9-10H2,1H3,(H,23,26). The number of amides is 1. The predicted molar refractivity (Wildman–Crippen MR) is 104 cm³/mol. The second-order valence-corrected chi connectivity index (χ2v) is 7.39. The molecule has 0 radical (unpaired) electrons. The first-order chi connectivity index (χ1) is 13.6. The minimum Gasteiger partial charge on any atom is -0.448 e. The van der Waals surface area contributed by atoms with Crippen LogP contribution in [0.2, 0.25) is 0 Å². The number of aryl methyl sites for hydroxylation is 1. The summed E-state index contributed by atoms with van der Waals surface area (Å²) in [6.07, 6.45) is 10.6. The molecule has 1 aliphatic heterocycles. The van der Waals surface area contributed by atoms with Crippen LogP contribution in [0.3, 0.4) is 0 Å². The molecule has 1 fully saturated rings. The SMILES string of the molecule is Cn1ncc(C(=O)Nc2ccc3c(c2)OC2(CCCCC2)O3)c1-n1cccc1. The molecule has 0 saturated heterocycles. The Labute approximate surface area is 162 Å². The highest BCUT2D eigenvalue weighted by atomic mass is 16.7. The number of rotatable bonds is 3. The van der Waals surface area contributed by atoms with Gasteiger partial charge in [-0.3, -0.25) is 9.48 Å². The van der Waals surface area contributed by atoms with Gasteiger partial charge in [0.05, 0.1) is 6.20 Å². The van der Waals surface area contributed by atoms with Gasteiger partial charge >= 0.3 is 0 Å².